The van der Waals surface area contributed by atoms with Crippen LogP contribution in [0.25, 0.3) is 0 Å². The van der Waals surface area contributed by atoms with Crippen LogP contribution in [0.4, 0.5) is 10.1 Å². The Balaban J connectivity index is 2.07. The molecule has 1 atom stereocenters. The van der Waals surface area contributed by atoms with Crippen molar-refractivity contribution in [2.24, 2.45) is 0 Å². The normalized spacial score (nSPS) is 20.6. The minimum Gasteiger partial charge on any atom is -0.398 e. The van der Waals surface area contributed by atoms with Crippen molar-refractivity contribution in [1.82, 2.24) is 4.90 Å². The van der Waals surface area contributed by atoms with Gasteiger partial charge in [-0.25, -0.2) is 4.39 Å². The Kier molecular flexibility index (Phi) is 3.41. The molecule has 1 aromatic carbocycles. The SMILES string of the molecule is CN(Cc1c(N)cccc1F)C1CCOC1. The highest BCUT2D eigenvalue weighted by Gasteiger charge is 2.21. The second kappa shape index (κ2) is 4.80. The zero-order valence-corrected chi connectivity index (χ0v) is 9.45. The van der Waals surface area contributed by atoms with Crippen LogP contribution in [0.15, 0.2) is 18.2 Å². The molecule has 0 amide bonds. The van der Waals surface area contributed by atoms with Gasteiger partial charge >= 0.3 is 0 Å². The number of halogens is 1. The summed E-state index contributed by atoms with van der Waals surface area (Å²) < 4.78 is 18.9. The molecule has 1 aliphatic rings. The molecule has 1 aromatic rings. The van der Waals surface area contributed by atoms with Crippen LogP contribution >= 0.6 is 0 Å². The van der Waals surface area contributed by atoms with E-state index in [0.717, 1.165) is 19.6 Å². The van der Waals surface area contributed by atoms with Crippen molar-refractivity contribution in [2.45, 2.75) is 19.0 Å². The van der Waals surface area contributed by atoms with Gasteiger partial charge in [0.05, 0.1) is 6.61 Å². The van der Waals surface area contributed by atoms with Crippen molar-refractivity contribution in [3.8, 4) is 0 Å². The molecule has 88 valence electrons. The predicted octanol–water partition coefficient (Wildman–Crippen LogP) is 1.63. The maximum atomic E-state index is 13.6. The minimum absolute atomic E-state index is 0.231. The molecule has 2 N–H and O–H groups in total. The third-order valence-corrected chi connectivity index (χ3v) is 3.09. The highest BCUT2D eigenvalue weighted by Crippen LogP contribution is 2.20. The first-order valence-corrected chi connectivity index (χ1v) is 5.49. The Hall–Kier alpha value is -1.13. The van der Waals surface area contributed by atoms with Crippen LogP contribution in [-0.2, 0) is 11.3 Å². The maximum absolute atomic E-state index is 13.6. The average molecular weight is 224 g/mol. The first-order valence-electron chi connectivity index (χ1n) is 5.49. The Morgan fingerprint density at radius 2 is 2.38 bits per heavy atom. The summed E-state index contributed by atoms with van der Waals surface area (Å²) in [6.45, 7) is 2.05. The van der Waals surface area contributed by atoms with Crippen molar-refractivity contribution in [3.05, 3.63) is 29.6 Å². The van der Waals surface area contributed by atoms with E-state index in [4.69, 9.17) is 10.5 Å². The number of hydrogen-bond donors (Lipinski definition) is 1. The van der Waals surface area contributed by atoms with Gasteiger partial charge in [-0.3, -0.25) is 4.90 Å². The molecular weight excluding hydrogens is 207 g/mol. The molecule has 0 spiro atoms. The fraction of sp³-hybridized carbons (Fsp3) is 0.500. The average Bonchev–Trinajstić information content (AvgIpc) is 2.76. The van der Waals surface area contributed by atoms with Gasteiger partial charge in [-0.2, -0.15) is 0 Å². The Labute approximate surface area is 95.0 Å². The zero-order valence-electron chi connectivity index (χ0n) is 9.45. The highest BCUT2D eigenvalue weighted by molar-refractivity contribution is 5.47. The Morgan fingerprint density at radius 3 is 3.00 bits per heavy atom. The molecule has 0 saturated carbocycles. The summed E-state index contributed by atoms with van der Waals surface area (Å²) in [6, 6.07) is 5.19. The molecule has 1 saturated heterocycles. The molecule has 0 aliphatic carbocycles. The molecule has 0 radical (unpaired) electrons. The third kappa shape index (κ3) is 2.33. The molecule has 4 heteroatoms. The van der Waals surface area contributed by atoms with E-state index in [-0.39, 0.29) is 5.82 Å². The van der Waals surface area contributed by atoms with Gasteiger partial charge in [-0.05, 0) is 25.6 Å². The first-order chi connectivity index (χ1) is 7.68. The van der Waals surface area contributed by atoms with Gasteiger partial charge in [0, 0.05) is 30.4 Å². The summed E-state index contributed by atoms with van der Waals surface area (Å²) in [5.41, 5.74) is 6.87. The van der Waals surface area contributed by atoms with E-state index in [9.17, 15) is 4.39 Å². The summed E-state index contributed by atoms with van der Waals surface area (Å²) in [5, 5.41) is 0. The van der Waals surface area contributed by atoms with Crippen LogP contribution in [0, 0.1) is 5.82 Å². The number of benzene rings is 1. The first kappa shape index (κ1) is 11.4. The lowest BCUT2D eigenvalue weighted by Gasteiger charge is -2.23. The Bertz CT molecular complexity index is 344. The molecule has 3 nitrogen and oxygen atoms in total. The van der Waals surface area contributed by atoms with Gasteiger partial charge in [-0.1, -0.05) is 6.07 Å². The third-order valence-electron chi connectivity index (χ3n) is 3.09. The van der Waals surface area contributed by atoms with Gasteiger partial charge < -0.3 is 10.5 Å². The number of nitrogen functional groups attached to an aromatic ring is 1. The van der Waals surface area contributed by atoms with Crippen LogP contribution in [0.3, 0.4) is 0 Å². The highest BCUT2D eigenvalue weighted by atomic mass is 19.1. The summed E-state index contributed by atoms with van der Waals surface area (Å²) in [5.74, 6) is -0.231. The summed E-state index contributed by atoms with van der Waals surface area (Å²) in [7, 11) is 1.98. The molecule has 0 bridgehead atoms. The van der Waals surface area contributed by atoms with Crippen LogP contribution in [0.5, 0.6) is 0 Å². The number of hydrogen-bond acceptors (Lipinski definition) is 3. The summed E-state index contributed by atoms with van der Waals surface area (Å²) in [4.78, 5) is 2.10. The van der Waals surface area contributed by atoms with Crippen molar-refractivity contribution in [3.63, 3.8) is 0 Å². The lowest BCUT2D eigenvalue weighted by molar-refractivity contribution is 0.156. The number of rotatable bonds is 3. The van der Waals surface area contributed by atoms with Crippen molar-refractivity contribution >= 4 is 5.69 Å². The fourth-order valence-corrected chi connectivity index (χ4v) is 1.99. The monoisotopic (exact) mass is 224 g/mol. The largest absolute Gasteiger partial charge is 0.398 e. The van der Waals surface area contributed by atoms with E-state index in [2.05, 4.69) is 4.90 Å². The molecule has 1 heterocycles. The molecule has 0 aromatic heterocycles. The number of nitrogens with zero attached hydrogens (tertiary/aromatic N) is 1. The topological polar surface area (TPSA) is 38.5 Å². The zero-order chi connectivity index (χ0) is 11.5. The minimum atomic E-state index is -0.231. The lowest BCUT2D eigenvalue weighted by Crippen LogP contribution is -2.32. The van der Waals surface area contributed by atoms with Crippen LogP contribution < -0.4 is 5.73 Å². The van der Waals surface area contributed by atoms with Crippen molar-refractivity contribution < 1.29 is 9.13 Å². The number of nitrogens with two attached hydrogens (primary N) is 1. The Morgan fingerprint density at radius 1 is 1.56 bits per heavy atom. The van der Waals surface area contributed by atoms with Gasteiger partial charge in [0.15, 0.2) is 0 Å². The van der Waals surface area contributed by atoms with Crippen molar-refractivity contribution in [2.75, 3.05) is 26.0 Å². The number of likely N-dealkylation sites (N-methyl/N-ethyl adjacent to an activating group) is 1. The van der Waals surface area contributed by atoms with Gasteiger partial charge in [0.2, 0.25) is 0 Å². The van der Waals surface area contributed by atoms with E-state index < -0.39 is 0 Å². The fourth-order valence-electron chi connectivity index (χ4n) is 1.99. The van der Waals surface area contributed by atoms with E-state index in [1.807, 2.05) is 7.05 Å². The van der Waals surface area contributed by atoms with Crippen LogP contribution in [0.1, 0.15) is 12.0 Å². The summed E-state index contributed by atoms with van der Waals surface area (Å²) >= 11 is 0. The van der Waals surface area contributed by atoms with Gasteiger partial charge in [-0.15, -0.1) is 0 Å². The lowest BCUT2D eigenvalue weighted by atomic mass is 10.1. The van der Waals surface area contributed by atoms with Gasteiger partial charge in [0.25, 0.3) is 0 Å². The van der Waals surface area contributed by atoms with Crippen molar-refractivity contribution in [1.29, 1.82) is 0 Å². The second-order valence-electron chi connectivity index (χ2n) is 4.24. The molecular formula is C12H17FN2O. The standard InChI is InChI=1S/C12H17FN2O/c1-15(9-5-6-16-8-9)7-10-11(13)3-2-4-12(10)14/h2-4,9H,5-8,14H2,1H3. The molecule has 1 unspecified atom stereocenters. The van der Waals surface area contributed by atoms with E-state index in [0.29, 0.717) is 23.8 Å². The molecule has 1 aliphatic heterocycles. The predicted molar refractivity (Wildman–Crippen MR) is 61.5 cm³/mol. The van der Waals surface area contributed by atoms with Crippen LogP contribution in [0.2, 0.25) is 0 Å². The van der Waals surface area contributed by atoms with E-state index in [1.54, 1.807) is 12.1 Å². The van der Waals surface area contributed by atoms with E-state index >= 15 is 0 Å². The molecule has 1 fully saturated rings. The number of ether oxygens (including phenoxy) is 1. The van der Waals surface area contributed by atoms with Gasteiger partial charge in [0.1, 0.15) is 5.82 Å². The molecule has 2 rings (SSSR count). The molecule has 16 heavy (non-hydrogen) atoms. The smallest absolute Gasteiger partial charge is 0.129 e. The number of anilines is 1. The van der Waals surface area contributed by atoms with E-state index in [1.165, 1.54) is 6.07 Å². The quantitative estimate of drug-likeness (QED) is 0.793. The second-order valence-corrected chi connectivity index (χ2v) is 4.24. The summed E-state index contributed by atoms with van der Waals surface area (Å²) in [6.07, 6.45) is 1.00. The maximum Gasteiger partial charge on any atom is 0.129 e. The van der Waals surface area contributed by atoms with Crippen LogP contribution in [-0.4, -0.2) is 31.2 Å².